The first kappa shape index (κ1) is 23.4. The second-order valence-electron chi connectivity index (χ2n) is 8.62. The molecule has 33 heavy (non-hydrogen) atoms. The van der Waals surface area contributed by atoms with Crippen molar-refractivity contribution in [1.82, 2.24) is 9.80 Å². The van der Waals surface area contributed by atoms with E-state index in [0.717, 1.165) is 42.3 Å². The van der Waals surface area contributed by atoms with Crippen molar-refractivity contribution in [3.63, 3.8) is 0 Å². The quantitative estimate of drug-likeness (QED) is 0.587. The summed E-state index contributed by atoms with van der Waals surface area (Å²) in [6, 6.07) is 13.4. The Morgan fingerprint density at radius 3 is 2.39 bits per heavy atom. The van der Waals surface area contributed by atoms with E-state index in [0.29, 0.717) is 31.6 Å². The summed E-state index contributed by atoms with van der Waals surface area (Å²) in [6.07, 6.45) is 2.02. The normalized spacial score (nSPS) is 16.1. The number of fused-ring (bicyclic) bond motifs is 1. The molecule has 0 bridgehead atoms. The highest BCUT2D eigenvalue weighted by atomic mass is 32.2. The molecule has 0 atom stereocenters. The zero-order chi connectivity index (χ0) is 23.4. The van der Waals surface area contributed by atoms with Gasteiger partial charge in [-0.3, -0.25) is 14.0 Å². The molecule has 0 N–H and O–H groups in total. The molecule has 2 aliphatic heterocycles. The highest BCUT2D eigenvalue weighted by Gasteiger charge is 2.23. The van der Waals surface area contributed by atoms with E-state index in [1.54, 1.807) is 12.1 Å². The van der Waals surface area contributed by atoms with Gasteiger partial charge in [0.15, 0.2) is 11.5 Å². The van der Waals surface area contributed by atoms with Crippen LogP contribution in [0.2, 0.25) is 0 Å². The summed E-state index contributed by atoms with van der Waals surface area (Å²) < 4.78 is 36.7. The molecule has 1 saturated heterocycles. The van der Waals surface area contributed by atoms with Crippen LogP contribution in [-0.2, 0) is 21.4 Å². The van der Waals surface area contributed by atoms with Crippen LogP contribution in [0.3, 0.4) is 0 Å². The van der Waals surface area contributed by atoms with Gasteiger partial charge in [-0.05, 0) is 43.2 Å². The van der Waals surface area contributed by atoms with E-state index in [2.05, 4.69) is 4.90 Å². The topological polar surface area (TPSA) is 79.4 Å². The fraction of sp³-hybridized carbons (Fsp3) is 0.458. The number of hydrogen-bond donors (Lipinski definition) is 0. The molecule has 1 fully saturated rings. The molecule has 2 heterocycles. The van der Waals surface area contributed by atoms with Crippen LogP contribution in [0.4, 0.5) is 5.69 Å². The minimum Gasteiger partial charge on any atom is -0.454 e. The first-order valence-electron chi connectivity index (χ1n) is 11.2. The van der Waals surface area contributed by atoms with Crippen LogP contribution in [-0.4, -0.2) is 69.9 Å². The molecule has 9 heteroatoms. The molecule has 178 valence electrons. The Morgan fingerprint density at radius 2 is 1.70 bits per heavy atom. The Balaban J connectivity index is 1.23. The summed E-state index contributed by atoms with van der Waals surface area (Å²) in [5.74, 6) is 1.65. The standard InChI is InChI=1S/C24H31N3O5S/c1-19-5-8-21(9-6-19)27(33(2,29)30)11-3-4-24(28)26-14-12-25(13-15-26)17-20-7-10-22-23(16-20)32-18-31-22/h5-10,16H,3-4,11-15,17-18H2,1-2H3. The van der Waals surface area contributed by atoms with Crippen molar-refractivity contribution >= 4 is 21.6 Å². The molecular weight excluding hydrogens is 442 g/mol. The lowest BCUT2D eigenvalue weighted by molar-refractivity contribution is -0.133. The fourth-order valence-corrected chi connectivity index (χ4v) is 5.15. The molecule has 0 saturated carbocycles. The number of benzene rings is 2. The lowest BCUT2D eigenvalue weighted by Gasteiger charge is -2.35. The lowest BCUT2D eigenvalue weighted by atomic mass is 10.1. The minimum atomic E-state index is -3.41. The molecule has 2 aromatic carbocycles. The van der Waals surface area contributed by atoms with Gasteiger partial charge in [0.1, 0.15) is 0 Å². The predicted octanol–water partition coefficient (Wildman–Crippen LogP) is 2.61. The summed E-state index contributed by atoms with van der Waals surface area (Å²) in [6.45, 7) is 6.29. The number of ether oxygens (including phenoxy) is 2. The molecule has 0 spiro atoms. The molecule has 0 aliphatic carbocycles. The van der Waals surface area contributed by atoms with Crippen LogP contribution >= 0.6 is 0 Å². The lowest BCUT2D eigenvalue weighted by Crippen LogP contribution is -2.48. The Kier molecular flexibility index (Phi) is 7.09. The van der Waals surface area contributed by atoms with Crippen LogP contribution in [0.5, 0.6) is 11.5 Å². The van der Waals surface area contributed by atoms with Gasteiger partial charge in [-0.25, -0.2) is 8.42 Å². The summed E-state index contributed by atoms with van der Waals surface area (Å²) in [7, 11) is -3.41. The summed E-state index contributed by atoms with van der Waals surface area (Å²) in [5.41, 5.74) is 2.86. The third kappa shape index (κ3) is 5.97. The summed E-state index contributed by atoms with van der Waals surface area (Å²) >= 11 is 0. The van der Waals surface area contributed by atoms with Crippen LogP contribution in [0, 0.1) is 6.92 Å². The zero-order valence-electron chi connectivity index (χ0n) is 19.2. The van der Waals surface area contributed by atoms with E-state index in [-0.39, 0.29) is 19.2 Å². The zero-order valence-corrected chi connectivity index (χ0v) is 20.0. The smallest absolute Gasteiger partial charge is 0.232 e. The third-order valence-electron chi connectivity index (χ3n) is 6.04. The van der Waals surface area contributed by atoms with E-state index >= 15 is 0 Å². The SMILES string of the molecule is Cc1ccc(N(CCCC(=O)N2CCN(Cc3ccc4c(c3)OCO4)CC2)S(C)(=O)=O)cc1. The molecule has 0 aromatic heterocycles. The Morgan fingerprint density at radius 1 is 1.00 bits per heavy atom. The molecular formula is C24H31N3O5S. The van der Waals surface area contributed by atoms with Crippen LogP contribution in [0.15, 0.2) is 42.5 Å². The number of carbonyl (C=O) groups is 1. The molecule has 4 rings (SSSR count). The van der Waals surface area contributed by atoms with Crippen molar-refractivity contribution in [2.24, 2.45) is 0 Å². The number of rotatable bonds is 8. The van der Waals surface area contributed by atoms with Crippen molar-refractivity contribution in [3.05, 3.63) is 53.6 Å². The molecule has 2 aliphatic rings. The van der Waals surface area contributed by atoms with E-state index in [1.807, 2.05) is 42.2 Å². The van der Waals surface area contributed by atoms with Crippen molar-refractivity contribution in [2.75, 3.05) is 50.1 Å². The second kappa shape index (κ2) is 10.0. The van der Waals surface area contributed by atoms with Crippen molar-refractivity contribution in [1.29, 1.82) is 0 Å². The van der Waals surface area contributed by atoms with Gasteiger partial charge in [-0.2, -0.15) is 0 Å². The van der Waals surface area contributed by atoms with Crippen LogP contribution < -0.4 is 13.8 Å². The maximum atomic E-state index is 12.7. The van der Waals surface area contributed by atoms with Gasteiger partial charge in [-0.1, -0.05) is 23.8 Å². The Hall–Kier alpha value is -2.78. The van der Waals surface area contributed by atoms with Gasteiger partial charge in [0, 0.05) is 45.7 Å². The highest BCUT2D eigenvalue weighted by Crippen LogP contribution is 2.32. The maximum Gasteiger partial charge on any atom is 0.232 e. The molecule has 0 unspecified atom stereocenters. The van der Waals surface area contributed by atoms with Crippen LogP contribution in [0.25, 0.3) is 0 Å². The maximum absolute atomic E-state index is 12.7. The predicted molar refractivity (Wildman–Crippen MR) is 127 cm³/mol. The number of anilines is 1. The van der Waals surface area contributed by atoms with Gasteiger partial charge >= 0.3 is 0 Å². The first-order valence-corrected chi connectivity index (χ1v) is 13.1. The van der Waals surface area contributed by atoms with Crippen molar-refractivity contribution < 1.29 is 22.7 Å². The second-order valence-corrected chi connectivity index (χ2v) is 10.5. The average Bonchev–Trinajstić information content (AvgIpc) is 3.25. The number of hydrogen-bond acceptors (Lipinski definition) is 6. The number of aryl methyl sites for hydroxylation is 1. The molecule has 8 nitrogen and oxygen atoms in total. The number of piperazine rings is 1. The van der Waals surface area contributed by atoms with Crippen molar-refractivity contribution in [3.8, 4) is 11.5 Å². The summed E-state index contributed by atoms with van der Waals surface area (Å²) in [4.78, 5) is 16.9. The van der Waals surface area contributed by atoms with Gasteiger partial charge in [-0.15, -0.1) is 0 Å². The Bertz CT molecular complexity index is 1080. The monoisotopic (exact) mass is 473 g/mol. The van der Waals surface area contributed by atoms with E-state index in [1.165, 1.54) is 10.6 Å². The van der Waals surface area contributed by atoms with Gasteiger partial charge in [0.05, 0.1) is 11.9 Å². The number of carbonyl (C=O) groups excluding carboxylic acids is 1. The van der Waals surface area contributed by atoms with Gasteiger partial charge in [0.2, 0.25) is 22.7 Å². The molecule has 2 aromatic rings. The summed E-state index contributed by atoms with van der Waals surface area (Å²) in [5, 5.41) is 0. The fourth-order valence-electron chi connectivity index (χ4n) is 4.18. The number of amides is 1. The number of nitrogens with zero attached hydrogens (tertiary/aromatic N) is 3. The first-order chi connectivity index (χ1) is 15.8. The van der Waals surface area contributed by atoms with E-state index in [9.17, 15) is 13.2 Å². The molecule has 1 amide bonds. The van der Waals surface area contributed by atoms with E-state index in [4.69, 9.17) is 9.47 Å². The average molecular weight is 474 g/mol. The van der Waals surface area contributed by atoms with Crippen molar-refractivity contribution in [2.45, 2.75) is 26.3 Å². The van der Waals surface area contributed by atoms with E-state index < -0.39 is 10.0 Å². The van der Waals surface area contributed by atoms with Crippen LogP contribution in [0.1, 0.15) is 24.0 Å². The molecule has 0 radical (unpaired) electrons. The van der Waals surface area contributed by atoms with Gasteiger partial charge < -0.3 is 14.4 Å². The van der Waals surface area contributed by atoms with Gasteiger partial charge in [0.25, 0.3) is 0 Å². The highest BCUT2D eigenvalue weighted by molar-refractivity contribution is 7.92. The third-order valence-corrected chi connectivity index (χ3v) is 7.24. The Labute approximate surface area is 195 Å². The minimum absolute atomic E-state index is 0.0788. The number of sulfonamides is 1. The largest absolute Gasteiger partial charge is 0.454 e.